The lowest BCUT2D eigenvalue weighted by Gasteiger charge is -2.05. The molecule has 0 unspecified atom stereocenters. The Morgan fingerprint density at radius 1 is 1.00 bits per heavy atom. The van der Waals surface area contributed by atoms with E-state index in [1.165, 1.54) is 12.3 Å². The molecule has 2 rings (SSSR count). The Morgan fingerprint density at radius 3 is 2.31 bits per heavy atom. The first-order valence-corrected chi connectivity index (χ1v) is 4.71. The first kappa shape index (κ1) is 10.4. The van der Waals surface area contributed by atoms with Gasteiger partial charge in [0.05, 0.1) is 7.11 Å². The molecule has 0 saturated carbocycles. The lowest BCUT2D eigenvalue weighted by Crippen LogP contribution is -1.87. The maximum absolute atomic E-state index is 12.8. The van der Waals surface area contributed by atoms with E-state index in [4.69, 9.17) is 9.47 Å². The van der Waals surface area contributed by atoms with E-state index in [1.807, 2.05) is 0 Å². The van der Waals surface area contributed by atoms with E-state index in [-0.39, 0.29) is 0 Å². The number of methoxy groups -OCH3 is 1. The number of halogens is 1. The molecule has 82 valence electrons. The molecule has 0 amide bonds. The van der Waals surface area contributed by atoms with Crippen LogP contribution in [0.3, 0.4) is 0 Å². The quantitative estimate of drug-likeness (QED) is 0.743. The van der Waals surface area contributed by atoms with Crippen LogP contribution in [0, 0.1) is 5.95 Å². The van der Waals surface area contributed by atoms with Crippen LogP contribution in [0.1, 0.15) is 0 Å². The first-order chi connectivity index (χ1) is 7.78. The summed E-state index contributed by atoms with van der Waals surface area (Å²) in [6.07, 6.45) is 1.36. The summed E-state index contributed by atoms with van der Waals surface area (Å²) in [6, 6.07) is 9.85. The van der Waals surface area contributed by atoms with Crippen LogP contribution in [-0.2, 0) is 0 Å². The molecule has 0 saturated heterocycles. The highest BCUT2D eigenvalue weighted by Gasteiger charge is 1.99. The van der Waals surface area contributed by atoms with Crippen molar-refractivity contribution in [2.24, 2.45) is 0 Å². The SMILES string of the molecule is COc1ccc(Oc2ccnc(F)c2)cc1. The van der Waals surface area contributed by atoms with Gasteiger partial charge in [-0.3, -0.25) is 0 Å². The molecule has 4 heteroatoms. The van der Waals surface area contributed by atoms with E-state index in [2.05, 4.69) is 4.98 Å². The molecule has 1 heterocycles. The molecule has 0 radical (unpaired) electrons. The Kier molecular flexibility index (Phi) is 3.00. The highest BCUT2D eigenvalue weighted by Crippen LogP contribution is 2.23. The van der Waals surface area contributed by atoms with Gasteiger partial charge < -0.3 is 9.47 Å². The Labute approximate surface area is 92.5 Å². The van der Waals surface area contributed by atoms with Crippen LogP contribution in [-0.4, -0.2) is 12.1 Å². The van der Waals surface area contributed by atoms with Crippen molar-refractivity contribution in [3.05, 3.63) is 48.5 Å². The molecule has 1 aromatic heterocycles. The minimum absolute atomic E-state index is 0.415. The van der Waals surface area contributed by atoms with Crippen molar-refractivity contribution < 1.29 is 13.9 Å². The highest BCUT2D eigenvalue weighted by molar-refractivity contribution is 5.34. The molecule has 0 atom stereocenters. The Hall–Kier alpha value is -2.10. The summed E-state index contributed by atoms with van der Waals surface area (Å²) in [5.74, 6) is 1.21. The van der Waals surface area contributed by atoms with Gasteiger partial charge in [0, 0.05) is 12.3 Å². The number of pyridine rings is 1. The molecular weight excluding hydrogens is 209 g/mol. The zero-order valence-corrected chi connectivity index (χ0v) is 8.68. The van der Waals surface area contributed by atoms with Gasteiger partial charge in [0.2, 0.25) is 5.95 Å². The summed E-state index contributed by atoms with van der Waals surface area (Å²) in [6.45, 7) is 0. The summed E-state index contributed by atoms with van der Waals surface area (Å²) in [7, 11) is 1.59. The van der Waals surface area contributed by atoms with Crippen molar-refractivity contribution in [2.75, 3.05) is 7.11 Å². The first-order valence-electron chi connectivity index (χ1n) is 4.71. The molecule has 3 nitrogen and oxygen atoms in total. The van der Waals surface area contributed by atoms with Crippen LogP contribution in [0.2, 0.25) is 0 Å². The fraction of sp³-hybridized carbons (Fsp3) is 0.0833. The van der Waals surface area contributed by atoms with Crippen molar-refractivity contribution in [1.82, 2.24) is 4.98 Å². The van der Waals surface area contributed by atoms with Crippen LogP contribution < -0.4 is 9.47 Å². The number of aromatic nitrogens is 1. The minimum atomic E-state index is -0.564. The van der Waals surface area contributed by atoms with E-state index in [9.17, 15) is 4.39 Å². The lowest BCUT2D eigenvalue weighted by atomic mass is 10.3. The van der Waals surface area contributed by atoms with Gasteiger partial charge in [-0.15, -0.1) is 0 Å². The van der Waals surface area contributed by atoms with Gasteiger partial charge in [-0.05, 0) is 30.3 Å². The normalized spacial score (nSPS) is 9.88. The number of hydrogen-bond acceptors (Lipinski definition) is 3. The topological polar surface area (TPSA) is 31.4 Å². The van der Waals surface area contributed by atoms with Gasteiger partial charge in [0.1, 0.15) is 17.2 Å². The molecule has 0 aliphatic heterocycles. The fourth-order valence-corrected chi connectivity index (χ4v) is 1.23. The molecule has 0 aliphatic carbocycles. The van der Waals surface area contributed by atoms with E-state index in [1.54, 1.807) is 37.4 Å². The van der Waals surface area contributed by atoms with E-state index < -0.39 is 5.95 Å². The number of ether oxygens (including phenoxy) is 2. The molecule has 16 heavy (non-hydrogen) atoms. The average molecular weight is 219 g/mol. The summed E-state index contributed by atoms with van der Waals surface area (Å²) in [4.78, 5) is 3.44. The largest absolute Gasteiger partial charge is 0.497 e. The third-order valence-corrected chi connectivity index (χ3v) is 1.99. The summed E-state index contributed by atoms with van der Waals surface area (Å²) < 4.78 is 23.2. The van der Waals surface area contributed by atoms with Crippen molar-refractivity contribution in [2.45, 2.75) is 0 Å². The van der Waals surface area contributed by atoms with Crippen LogP contribution in [0.5, 0.6) is 17.2 Å². The maximum atomic E-state index is 12.8. The van der Waals surface area contributed by atoms with Crippen LogP contribution >= 0.6 is 0 Å². The predicted molar refractivity (Wildman–Crippen MR) is 57.3 cm³/mol. The number of hydrogen-bond donors (Lipinski definition) is 0. The van der Waals surface area contributed by atoms with Crippen LogP contribution in [0.4, 0.5) is 4.39 Å². The second-order valence-electron chi connectivity index (χ2n) is 3.09. The van der Waals surface area contributed by atoms with Gasteiger partial charge >= 0.3 is 0 Å². The molecule has 0 aliphatic rings. The molecule has 0 fully saturated rings. The molecule has 0 bridgehead atoms. The third-order valence-electron chi connectivity index (χ3n) is 1.99. The van der Waals surface area contributed by atoms with Gasteiger partial charge in [-0.25, -0.2) is 4.98 Å². The van der Waals surface area contributed by atoms with E-state index in [0.29, 0.717) is 11.5 Å². The summed E-state index contributed by atoms with van der Waals surface area (Å²) in [5, 5.41) is 0. The standard InChI is InChI=1S/C12H10FNO2/c1-15-9-2-4-10(5-3-9)16-11-6-7-14-12(13)8-11/h2-8H,1H3. The van der Waals surface area contributed by atoms with Gasteiger partial charge in [0.25, 0.3) is 0 Å². The second-order valence-corrected chi connectivity index (χ2v) is 3.09. The Bertz CT molecular complexity index is 471. The van der Waals surface area contributed by atoms with Crippen molar-refractivity contribution in [3.8, 4) is 17.2 Å². The van der Waals surface area contributed by atoms with Gasteiger partial charge in [0.15, 0.2) is 0 Å². The summed E-state index contributed by atoms with van der Waals surface area (Å²) in [5.41, 5.74) is 0. The number of nitrogens with zero attached hydrogens (tertiary/aromatic N) is 1. The zero-order valence-electron chi connectivity index (χ0n) is 8.68. The van der Waals surface area contributed by atoms with E-state index >= 15 is 0 Å². The van der Waals surface area contributed by atoms with Crippen molar-refractivity contribution in [3.63, 3.8) is 0 Å². The fourth-order valence-electron chi connectivity index (χ4n) is 1.23. The average Bonchev–Trinajstić information content (AvgIpc) is 2.30. The van der Waals surface area contributed by atoms with Crippen LogP contribution in [0.25, 0.3) is 0 Å². The Morgan fingerprint density at radius 2 is 1.69 bits per heavy atom. The van der Waals surface area contributed by atoms with Crippen molar-refractivity contribution >= 4 is 0 Å². The molecule has 0 spiro atoms. The number of benzene rings is 1. The molecule has 1 aromatic carbocycles. The van der Waals surface area contributed by atoms with Gasteiger partial charge in [-0.1, -0.05) is 0 Å². The molecule has 2 aromatic rings. The monoisotopic (exact) mass is 219 g/mol. The lowest BCUT2D eigenvalue weighted by molar-refractivity contribution is 0.412. The maximum Gasteiger partial charge on any atom is 0.216 e. The predicted octanol–water partition coefficient (Wildman–Crippen LogP) is 3.02. The minimum Gasteiger partial charge on any atom is -0.497 e. The van der Waals surface area contributed by atoms with Crippen molar-refractivity contribution in [1.29, 1.82) is 0 Å². The van der Waals surface area contributed by atoms with E-state index in [0.717, 1.165) is 5.75 Å². The Balaban J connectivity index is 2.14. The smallest absolute Gasteiger partial charge is 0.216 e. The number of rotatable bonds is 3. The molecule has 0 N–H and O–H groups in total. The van der Waals surface area contributed by atoms with Gasteiger partial charge in [-0.2, -0.15) is 4.39 Å². The van der Waals surface area contributed by atoms with Crippen LogP contribution in [0.15, 0.2) is 42.6 Å². The molecular formula is C12H10FNO2. The summed E-state index contributed by atoms with van der Waals surface area (Å²) >= 11 is 0. The third kappa shape index (κ3) is 2.48. The highest BCUT2D eigenvalue weighted by atomic mass is 19.1. The second kappa shape index (κ2) is 4.61. The zero-order chi connectivity index (χ0) is 11.4.